The van der Waals surface area contributed by atoms with E-state index in [9.17, 15) is 4.79 Å². The normalized spacial score (nSPS) is 17.2. The van der Waals surface area contributed by atoms with Gasteiger partial charge in [-0.1, -0.05) is 29.3 Å². The number of allylic oxidation sites excluding steroid dienone is 1. The van der Waals surface area contributed by atoms with Gasteiger partial charge in [-0.25, -0.2) is 0 Å². The van der Waals surface area contributed by atoms with Crippen LogP contribution in [0.1, 0.15) is 27.9 Å². The highest BCUT2D eigenvalue weighted by Gasteiger charge is 2.33. The van der Waals surface area contributed by atoms with Crippen molar-refractivity contribution in [1.82, 2.24) is 4.90 Å². The average Bonchev–Trinajstić information content (AvgIpc) is 3.01. The summed E-state index contributed by atoms with van der Waals surface area (Å²) in [4.78, 5) is 15.0. The van der Waals surface area contributed by atoms with Crippen molar-refractivity contribution >= 4 is 35.1 Å². The largest absolute Gasteiger partial charge is 0.478 e. The smallest absolute Gasteiger partial charge is 0.231 e. The van der Waals surface area contributed by atoms with Crippen LogP contribution in [0.5, 0.6) is 11.5 Å². The van der Waals surface area contributed by atoms with E-state index in [4.69, 9.17) is 37.4 Å². The van der Waals surface area contributed by atoms with E-state index < -0.39 is 0 Å². The summed E-state index contributed by atoms with van der Waals surface area (Å²) >= 11 is 12.5. The molecule has 0 aliphatic carbocycles. The van der Waals surface area contributed by atoms with E-state index in [0.717, 1.165) is 24.3 Å². The summed E-state index contributed by atoms with van der Waals surface area (Å²) in [5, 5.41) is 0.920. The highest BCUT2D eigenvalue weighted by molar-refractivity contribution is 6.37. The Morgan fingerprint density at radius 2 is 2.00 bits per heavy atom. The number of ether oxygens (including phenoxy) is 3. The van der Waals surface area contributed by atoms with E-state index in [1.165, 1.54) is 0 Å². The van der Waals surface area contributed by atoms with Gasteiger partial charge >= 0.3 is 0 Å². The first-order chi connectivity index (χ1) is 13.6. The predicted octanol–water partition coefficient (Wildman–Crippen LogP) is 4.80. The molecule has 5 nitrogen and oxygen atoms in total. The Morgan fingerprint density at radius 1 is 1.21 bits per heavy atom. The second kappa shape index (κ2) is 8.13. The average molecular weight is 420 g/mol. The number of ketones is 1. The zero-order valence-corrected chi connectivity index (χ0v) is 16.8. The third-order valence-corrected chi connectivity index (χ3v) is 5.44. The maximum absolute atomic E-state index is 12.9. The number of halogens is 2. The van der Waals surface area contributed by atoms with Crippen molar-refractivity contribution in [3.05, 3.63) is 62.8 Å². The molecular weight excluding hydrogens is 401 g/mol. The van der Waals surface area contributed by atoms with Crippen LogP contribution < -0.4 is 9.47 Å². The van der Waals surface area contributed by atoms with Crippen molar-refractivity contribution < 1.29 is 19.0 Å². The fraction of sp³-hybridized carbons (Fsp3) is 0.286. The highest BCUT2D eigenvalue weighted by atomic mass is 35.5. The molecule has 0 unspecified atom stereocenters. The number of hydrogen-bond acceptors (Lipinski definition) is 5. The van der Waals surface area contributed by atoms with E-state index >= 15 is 0 Å². The van der Waals surface area contributed by atoms with Gasteiger partial charge in [0.05, 0.1) is 11.1 Å². The lowest BCUT2D eigenvalue weighted by Crippen LogP contribution is -2.33. The van der Waals surface area contributed by atoms with E-state index in [-0.39, 0.29) is 11.5 Å². The highest BCUT2D eigenvalue weighted by Crippen LogP contribution is 2.42. The Kier molecular flexibility index (Phi) is 5.60. The van der Waals surface area contributed by atoms with Crippen molar-refractivity contribution in [1.29, 1.82) is 0 Å². The predicted molar refractivity (Wildman–Crippen MR) is 108 cm³/mol. The monoisotopic (exact) mass is 419 g/mol. The molecule has 28 heavy (non-hydrogen) atoms. The first-order valence-corrected chi connectivity index (χ1v) is 9.72. The van der Waals surface area contributed by atoms with E-state index in [1.54, 1.807) is 37.5 Å². The quantitative estimate of drug-likeness (QED) is 0.514. The second-order valence-corrected chi connectivity index (χ2v) is 7.48. The lowest BCUT2D eigenvalue weighted by molar-refractivity contribution is 0.0823. The molecule has 2 aromatic rings. The van der Waals surface area contributed by atoms with Crippen LogP contribution >= 0.6 is 23.2 Å². The number of nitrogens with zero attached hydrogens (tertiary/aromatic N) is 1. The summed E-state index contributed by atoms with van der Waals surface area (Å²) in [5.41, 5.74) is 1.96. The van der Waals surface area contributed by atoms with Crippen LogP contribution in [0.25, 0.3) is 6.08 Å². The van der Waals surface area contributed by atoms with Crippen LogP contribution in [0.3, 0.4) is 0 Å². The van der Waals surface area contributed by atoms with E-state index in [2.05, 4.69) is 4.90 Å². The van der Waals surface area contributed by atoms with Gasteiger partial charge in [-0.05, 0) is 36.8 Å². The molecule has 0 radical (unpaired) electrons. The van der Waals surface area contributed by atoms with Crippen LogP contribution in [0.15, 0.2) is 36.1 Å². The third-order valence-electron chi connectivity index (χ3n) is 4.78. The first kappa shape index (κ1) is 19.3. The Morgan fingerprint density at radius 3 is 2.75 bits per heavy atom. The molecule has 2 heterocycles. The summed E-state index contributed by atoms with van der Waals surface area (Å²) in [6.07, 6.45) is 2.50. The topological polar surface area (TPSA) is 48.0 Å². The van der Waals surface area contributed by atoms with Crippen molar-refractivity contribution in [3.63, 3.8) is 0 Å². The molecule has 146 valence electrons. The standard InChI is InChI=1S/C21H19Cl2NO4/c1-26-9-3-8-24-11-15-18(27-12-24)7-6-13-20(25)19(28-21(13)15)10-14-16(22)4-2-5-17(14)23/h2,4-7,10H,3,8-9,11-12H2,1H3/b19-10-. The van der Waals surface area contributed by atoms with Gasteiger partial charge in [0, 0.05) is 42.4 Å². The van der Waals surface area contributed by atoms with Gasteiger partial charge in [0.2, 0.25) is 5.78 Å². The number of carbonyl (C=O) groups is 1. The number of hydrogen-bond donors (Lipinski definition) is 0. The number of Topliss-reactive ketones (excluding diaryl/α,β-unsaturated/α-hetero) is 1. The minimum atomic E-state index is -0.190. The van der Waals surface area contributed by atoms with Crippen LogP contribution in [-0.4, -0.2) is 37.7 Å². The summed E-state index contributed by atoms with van der Waals surface area (Å²) in [6, 6.07) is 8.77. The molecule has 0 amide bonds. The SMILES string of the molecule is COCCCN1COc2ccc3c(c2C1)O/C(=C\c1c(Cl)cccc1Cl)C3=O. The van der Waals surface area contributed by atoms with Crippen LogP contribution in [0.2, 0.25) is 10.0 Å². The molecule has 0 aromatic heterocycles. The van der Waals surface area contributed by atoms with Crippen molar-refractivity contribution in [3.8, 4) is 11.5 Å². The Balaban J connectivity index is 1.63. The Hall–Kier alpha value is -2.05. The van der Waals surface area contributed by atoms with Crippen molar-refractivity contribution in [2.24, 2.45) is 0 Å². The maximum atomic E-state index is 12.9. The molecule has 0 saturated carbocycles. The molecular formula is C21H19Cl2NO4. The van der Waals surface area contributed by atoms with Gasteiger partial charge < -0.3 is 14.2 Å². The van der Waals surface area contributed by atoms with Gasteiger partial charge in [0.15, 0.2) is 5.76 Å². The van der Waals surface area contributed by atoms with Gasteiger partial charge in [-0.2, -0.15) is 0 Å². The molecule has 4 rings (SSSR count). The zero-order valence-electron chi connectivity index (χ0n) is 15.3. The van der Waals surface area contributed by atoms with Crippen molar-refractivity contribution in [2.45, 2.75) is 13.0 Å². The number of methoxy groups -OCH3 is 1. The second-order valence-electron chi connectivity index (χ2n) is 6.67. The number of rotatable bonds is 5. The molecule has 0 bridgehead atoms. The molecule has 0 atom stereocenters. The molecule has 0 N–H and O–H groups in total. The summed E-state index contributed by atoms with van der Waals surface area (Å²) in [6.45, 7) is 2.68. The molecule has 2 aliphatic heterocycles. The third kappa shape index (κ3) is 3.63. The number of carbonyl (C=O) groups excluding carboxylic acids is 1. The summed E-state index contributed by atoms with van der Waals surface area (Å²) in [5.74, 6) is 1.31. The molecule has 2 aliphatic rings. The lowest BCUT2D eigenvalue weighted by atomic mass is 10.0. The van der Waals surface area contributed by atoms with E-state index in [1.807, 2.05) is 6.07 Å². The number of fused-ring (bicyclic) bond motifs is 3. The fourth-order valence-electron chi connectivity index (χ4n) is 3.36. The minimum absolute atomic E-state index is 0.190. The van der Waals surface area contributed by atoms with Gasteiger partial charge in [0.1, 0.15) is 18.2 Å². The van der Waals surface area contributed by atoms with E-state index in [0.29, 0.717) is 46.8 Å². The van der Waals surface area contributed by atoms with Crippen LogP contribution in [-0.2, 0) is 11.3 Å². The van der Waals surface area contributed by atoms with Gasteiger partial charge in [-0.3, -0.25) is 9.69 Å². The molecule has 0 fully saturated rings. The molecule has 2 aromatic carbocycles. The fourth-order valence-corrected chi connectivity index (χ4v) is 3.87. The number of benzene rings is 2. The lowest BCUT2D eigenvalue weighted by Gasteiger charge is -2.29. The zero-order chi connectivity index (χ0) is 19.7. The van der Waals surface area contributed by atoms with Crippen LogP contribution in [0, 0.1) is 0 Å². The molecule has 0 saturated heterocycles. The maximum Gasteiger partial charge on any atom is 0.231 e. The minimum Gasteiger partial charge on any atom is -0.478 e. The Labute approximate surface area is 173 Å². The van der Waals surface area contributed by atoms with Crippen molar-refractivity contribution in [2.75, 3.05) is 27.0 Å². The van der Waals surface area contributed by atoms with Gasteiger partial charge in [0.25, 0.3) is 0 Å². The van der Waals surface area contributed by atoms with Gasteiger partial charge in [-0.15, -0.1) is 0 Å². The first-order valence-electron chi connectivity index (χ1n) is 8.96. The molecule has 0 spiro atoms. The summed E-state index contributed by atoms with van der Waals surface area (Å²) in [7, 11) is 1.69. The molecule has 7 heteroatoms. The Bertz CT molecular complexity index is 937. The summed E-state index contributed by atoms with van der Waals surface area (Å²) < 4.78 is 16.9. The van der Waals surface area contributed by atoms with Crippen LogP contribution in [0.4, 0.5) is 0 Å².